The molecule has 1 aromatic rings. The van der Waals surface area contributed by atoms with E-state index in [4.69, 9.17) is 11.2 Å². The second-order valence-electron chi connectivity index (χ2n) is 4.06. The second-order valence-corrected chi connectivity index (χ2v) is 4.06. The molecule has 0 aliphatic heterocycles. The van der Waals surface area contributed by atoms with Crippen LogP contribution in [0.25, 0.3) is 0 Å². The summed E-state index contributed by atoms with van der Waals surface area (Å²) in [5.41, 5.74) is 0.596. The molecule has 98 valence electrons. The van der Waals surface area contributed by atoms with Crippen LogP contribution in [0.3, 0.4) is 0 Å². The molecule has 18 heavy (non-hydrogen) atoms. The van der Waals surface area contributed by atoms with Crippen molar-refractivity contribution in [3.8, 4) is 18.1 Å². The second kappa shape index (κ2) is 7.73. The molecule has 0 bridgehead atoms. The average molecular weight is 249 g/mol. The molecule has 1 N–H and O–H groups in total. The van der Waals surface area contributed by atoms with Crippen LogP contribution in [0.15, 0.2) is 18.2 Å². The van der Waals surface area contributed by atoms with Crippen LogP contribution in [-0.4, -0.2) is 13.7 Å². The fourth-order valence-electron chi connectivity index (χ4n) is 2.04. The highest BCUT2D eigenvalue weighted by Crippen LogP contribution is 2.30. The van der Waals surface area contributed by atoms with Gasteiger partial charge in [0.2, 0.25) is 0 Å². The molecule has 2 nitrogen and oxygen atoms in total. The highest BCUT2D eigenvalue weighted by molar-refractivity contribution is 5.37. The summed E-state index contributed by atoms with van der Waals surface area (Å²) >= 11 is 0. The van der Waals surface area contributed by atoms with Crippen LogP contribution < -0.4 is 10.1 Å². The van der Waals surface area contributed by atoms with Gasteiger partial charge in [0.1, 0.15) is 11.6 Å². The number of methoxy groups -OCH3 is 1. The van der Waals surface area contributed by atoms with Crippen LogP contribution in [0, 0.1) is 18.2 Å². The third kappa shape index (κ3) is 3.75. The van der Waals surface area contributed by atoms with E-state index in [0.29, 0.717) is 17.7 Å². The molecule has 0 saturated carbocycles. The quantitative estimate of drug-likeness (QED) is 0.591. The van der Waals surface area contributed by atoms with Crippen molar-refractivity contribution in [3.63, 3.8) is 0 Å². The van der Waals surface area contributed by atoms with Crippen molar-refractivity contribution in [1.82, 2.24) is 5.32 Å². The highest BCUT2D eigenvalue weighted by atomic mass is 19.1. The molecular formula is C15H20FNO. The maximum atomic E-state index is 14.0. The maximum absolute atomic E-state index is 14.0. The van der Waals surface area contributed by atoms with Crippen LogP contribution in [0.4, 0.5) is 4.39 Å². The smallest absolute Gasteiger partial charge is 0.131 e. The van der Waals surface area contributed by atoms with E-state index < -0.39 is 0 Å². The lowest BCUT2D eigenvalue weighted by Crippen LogP contribution is -2.22. The Morgan fingerprint density at radius 3 is 2.89 bits per heavy atom. The van der Waals surface area contributed by atoms with E-state index in [1.54, 1.807) is 19.2 Å². The normalized spacial score (nSPS) is 11.9. The van der Waals surface area contributed by atoms with Crippen LogP contribution in [-0.2, 0) is 0 Å². The number of nitrogens with one attached hydrogen (secondary N) is 1. The number of halogens is 1. The van der Waals surface area contributed by atoms with Crippen molar-refractivity contribution in [1.29, 1.82) is 0 Å². The molecule has 1 aromatic carbocycles. The fourth-order valence-corrected chi connectivity index (χ4v) is 2.04. The summed E-state index contributed by atoms with van der Waals surface area (Å²) in [6.45, 7) is 2.78. The zero-order valence-corrected chi connectivity index (χ0v) is 11.0. The van der Waals surface area contributed by atoms with Crippen LogP contribution >= 0.6 is 0 Å². The maximum Gasteiger partial charge on any atom is 0.131 e. The number of benzene rings is 1. The first-order valence-electron chi connectivity index (χ1n) is 6.23. The molecule has 0 aliphatic carbocycles. The average Bonchev–Trinajstić information content (AvgIpc) is 2.38. The van der Waals surface area contributed by atoms with Gasteiger partial charge in [-0.25, -0.2) is 4.39 Å². The minimum absolute atomic E-state index is 0.0560. The molecule has 3 heteroatoms. The Kier molecular flexibility index (Phi) is 6.24. The third-order valence-electron chi connectivity index (χ3n) is 2.85. The standard InChI is InChI=1S/C15H20FNO/c1-4-6-7-10-13(17-5-2)15-12(16)9-8-11-14(15)18-3/h1,8-9,11,13,17H,5-7,10H2,2-3H3. The Morgan fingerprint density at radius 2 is 2.28 bits per heavy atom. The topological polar surface area (TPSA) is 21.3 Å². The van der Waals surface area contributed by atoms with Crippen molar-refractivity contribution >= 4 is 0 Å². The first-order valence-corrected chi connectivity index (χ1v) is 6.23. The van der Waals surface area contributed by atoms with Crippen molar-refractivity contribution in [2.75, 3.05) is 13.7 Å². The molecule has 0 heterocycles. The number of terminal acetylenes is 1. The molecule has 1 atom stereocenters. The zero-order valence-electron chi connectivity index (χ0n) is 11.0. The fraction of sp³-hybridized carbons (Fsp3) is 0.467. The third-order valence-corrected chi connectivity index (χ3v) is 2.85. The Morgan fingerprint density at radius 1 is 1.50 bits per heavy atom. The van der Waals surface area contributed by atoms with Crippen LogP contribution in [0.5, 0.6) is 5.75 Å². The lowest BCUT2D eigenvalue weighted by Gasteiger charge is -2.21. The van der Waals surface area contributed by atoms with E-state index in [0.717, 1.165) is 19.4 Å². The monoisotopic (exact) mass is 249 g/mol. The van der Waals surface area contributed by atoms with Crippen LogP contribution in [0.1, 0.15) is 37.8 Å². The van der Waals surface area contributed by atoms with Crippen molar-refractivity contribution in [2.24, 2.45) is 0 Å². The van der Waals surface area contributed by atoms with E-state index in [-0.39, 0.29) is 11.9 Å². The molecule has 0 aliphatic rings. The summed E-state index contributed by atoms with van der Waals surface area (Å²) in [7, 11) is 1.56. The van der Waals surface area contributed by atoms with Crippen molar-refractivity contribution in [3.05, 3.63) is 29.6 Å². The Balaban J connectivity index is 2.93. The molecule has 0 aromatic heterocycles. The minimum atomic E-state index is -0.235. The zero-order chi connectivity index (χ0) is 13.4. The van der Waals surface area contributed by atoms with Gasteiger partial charge in [-0.05, 0) is 31.5 Å². The summed E-state index contributed by atoms with van der Waals surface area (Å²) < 4.78 is 19.2. The predicted molar refractivity (Wildman–Crippen MR) is 72.1 cm³/mol. The van der Waals surface area contributed by atoms with E-state index in [1.165, 1.54) is 6.07 Å². The first kappa shape index (κ1) is 14.5. The predicted octanol–water partition coefficient (Wildman–Crippen LogP) is 3.29. The van der Waals surface area contributed by atoms with Gasteiger partial charge in [0.15, 0.2) is 0 Å². The lowest BCUT2D eigenvalue weighted by atomic mass is 9.99. The number of ether oxygens (including phenoxy) is 1. The summed E-state index contributed by atoms with van der Waals surface area (Å²) in [5, 5.41) is 3.28. The first-order chi connectivity index (χ1) is 8.74. The van der Waals surface area contributed by atoms with Gasteiger partial charge in [0.05, 0.1) is 7.11 Å². The number of rotatable bonds is 7. The van der Waals surface area contributed by atoms with Gasteiger partial charge in [-0.1, -0.05) is 13.0 Å². The summed E-state index contributed by atoms with van der Waals surface area (Å²) in [5.74, 6) is 2.96. The Bertz CT molecular complexity index is 411. The summed E-state index contributed by atoms with van der Waals surface area (Å²) in [6, 6.07) is 4.84. The number of unbranched alkanes of at least 4 members (excludes halogenated alkanes) is 1. The van der Waals surface area contributed by atoms with Crippen LogP contribution in [0.2, 0.25) is 0 Å². The summed E-state index contributed by atoms with van der Waals surface area (Å²) in [4.78, 5) is 0. The van der Waals surface area contributed by atoms with Gasteiger partial charge >= 0.3 is 0 Å². The summed E-state index contributed by atoms with van der Waals surface area (Å²) in [6.07, 6.45) is 7.62. The number of hydrogen-bond donors (Lipinski definition) is 1. The van der Waals surface area contributed by atoms with Crippen molar-refractivity contribution in [2.45, 2.75) is 32.2 Å². The number of hydrogen-bond acceptors (Lipinski definition) is 2. The largest absolute Gasteiger partial charge is 0.496 e. The molecule has 0 saturated heterocycles. The van der Waals surface area contributed by atoms with Crippen molar-refractivity contribution < 1.29 is 9.13 Å². The van der Waals surface area contributed by atoms with E-state index in [2.05, 4.69) is 11.2 Å². The van der Waals surface area contributed by atoms with E-state index >= 15 is 0 Å². The molecule has 1 rings (SSSR count). The lowest BCUT2D eigenvalue weighted by molar-refractivity contribution is 0.385. The Hall–Kier alpha value is -1.53. The minimum Gasteiger partial charge on any atom is -0.496 e. The highest BCUT2D eigenvalue weighted by Gasteiger charge is 2.19. The molecule has 1 unspecified atom stereocenters. The van der Waals surface area contributed by atoms with E-state index in [9.17, 15) is 4.39 Å². The SMILES string of the molecule is C#CCCCC(NCC)c1c(F)cccc1OC. The molecule has 0 fully saturated rings. The van der Waals surface area contributed by atoms with Gasteiger partial charge in [-0.3, -0.25) is 0 Å². The van der Waals surface area contributed by atoms with Gasteiger partial charge in [0, 0.05) is 18.0 Å². The van der Waals surface area contributed by atoms with Gasteiger partial charge < -0.3 is 10.1 Å². The Labute approximate surface area is 109 Å². The van der Waals surface area contributed by atoms with Gasteiger partial charge in [-0.2, -0.15) is 0 Å². The molecule has 0 radical (unpaired) electrons. The molecule has 0 spiro atoms. The van der Waals surface area contributed by atoms with Gasteiger partial charge in [-0.15, -0.1) is 12.3 Å². The van der Waals surface area contributed by atoms with Gasteiger partial charge in [0.25, 0.3) is 0 Å². The molecule has 0 amide bonds. The molecular weight excluding hydrogens is 229 g/mol. The van der Waals surface area contributed by atoms with E-state index in [1.807, 2.05) is 6.92 Å².